The van der Waals surface area contributed by atoms with E-state index in [-0.39, 0.29) is 0 Å². The quantitative estimate of drug-likeness (QED) is 0.553. The first-order valence-corrected chi connectivity index (χ1v) is 4.93. The lowest BCUT2D eigenvalue weighted by Gasteiger charge is -2.29. The molecule has 0 saturated heterocycles. The van der Waals surface area contributed by atoms with Gasteiger partial charge in [0.15, 0.2) is 0 Å². The standard InChI is InChI=1S/C9H13ClN2/c1-6-9(10)12-8-5-3-2-4-7(8)11-6/h7-8H,2-5H2,1H3. The summed E-state index contributed by atoms with van der Waals surface area (Å²) in [5, 5.41) is 0.623. The molecule has 66 valence electrons. The number of hydrogen-bond donors (Lipinski definition) is 0. The molecule has 2 unspecified atom stereocenters. The third-order valence-electron chi connectivity index (χ3n) is 2.63. The van der Waals surface area contributed by atoms with Crippen LogP contribution in [0.25, 0.3) is 0 Å². The van der Waals surface area contributed by atoms with Crippen LogP contribution in [-0.2, 0) is 0 Å². The summed E-state index contributed by atoms with van der Waals surface area (Å²) in [6, 6.07) is 0.816. The number of fused-ring (bicyclic) bond motifs is 1. The van der Waals surface area contributed by atoms with Crippen LogP contribution in [0.4, 0.5) is 0 Å². The van der Waals surface area contributed by atoms with Crippen LogP contribution in [0.1, 0.15) is 32.6 Å². The van der Waals surface area contributed by atoms with Gasteiger partial charge in [-0.15, -0.1) is 0 Å². The van der Waals surface area contributed by atoms with E-state index in [2.05, 4.69) is 9.98 Å². The first-order chi connectivity index (χ1) is 5.77. The summed E-state index contributed by atoms with van der Waals surface area (Å²) in [6.07, 6.45) is 4.93. The maximum absolute atomic E-state index is 5.91. The number of rotatable bonds is 0. The van der Waals surface area contributed by atoms with Crippen LogP contribution < -0.4 is 0 Å². The third-order valence-corrected chi connectivity index (χ3v) is 3.00. The minimum absolute atomic E-state index is 0.384. The van der Waals surface area contributed by atoms with Gasteiger partial charge in [-0.1, -0.05) is 24.4 Å². The Morgan fingerprint density at radius 3 is 2.42 bits per heavy atom. The molecule has 0 spiro atoms. The summed E-state index contributed by atoms with van der Waals surface area (Å²) in [5.74, 6) is 0. The Labute approximate surface area is 77.7 Å². The van der Waals surface area contributed by atoms with Crippen LogP contribution in [-0.4, -0.2) is 23.0 Å². The van der Waals surface area contributed by atoms with Crippen LogP contribution in [0.5, 0.6) is 0 Å². The van der Waals surface area contributed by atoms with Crippen molar-refractivity contribution in [2.45, 2.75) is 44.7 Å². The zero-order valence-corrected chi connectivity index (χ0v) is 8.01. The summed E-state index contributed by atoms with van der Waals surface area (Å²) >= 11 is 5.91. The fourth-order valence-electron chi connectivity index (χ4n) is 1.93. The molecular formula is C9H13ClN2. The van der Waals surface area contributed by atoms with Gasteiger partial charge in [0.1, 0.15) is 5.17 Å². The van der Waals surface area contributed by atoms with E-state index in [9.17, 15) is 0 Å². The Bertz CT molecular complexity index is 219. The van der Waals surface area contributed by atoms with E-state index in [1.165, 1.54) is 19.3 Å². The maximum Gasteiger partial charge on any atom is 0.144 e. The fraction of sp³-hybridized carbons (Fsp3) is 0.778. The molecule has 0 amide bonds. The van der Waals surface area contributed by atoms with Crippen molar-refractivity contribution >= 4 is 22.5 Å². The summed E-state index contributed by atoms with van der Waals surface area (Å²) < 4.78 is 0. The fourth-order valence-corrected chi connectivity index (χ4v) is 2.11. The monoisotopic (exact) mass is 184 g/mol. The Kier molecular flexibility index (Phi) is 2.18. The Hall–Kier alpha value is -0.370. The lowest BCUT2D eigenvalue weighted by atomic mass is 9.90. The maximum atomic E-state index is 5.91. The predicted octanol–water partition coefficient (Wildman–Crippen LogP) is 2.41. The second-order valence-electron chi connectivity index (χ2n) is 3.55. The van der Waals surface area contributed by atoms with Crippen LogP contribution in [0.3, 0.4) is 0 Å². The van der Waals surface area contributed by atoms with E-state index in [1.807, 2.05) is 6.92 Å². The average molecular weight is 185 g/mol. The smallest absolute Gasteiger partial charge is 0.144 e. The largest absolute Gasteiger partial charge is 0.281 e. The van der Waals surface area contributed by atoms with E-state index in [0.717, 1.165) is 12.1 Å². The summed E-state index contributed by atoms with van der Waals surface area (Å²) in [5.41, 5.74) is 0.916. The van der Waals surface area contributed by atoms with Gasteiger partial charge in [-0.05, 0) is 19.8 Å². The molecular weight excluding hydrogens is 172 g/mol. The van der Waals surface area contributed by atoms with Crippen LogP contribution in [0.2, 0.25) is 0 Å². The van der Waals surface area contributed by atoms with Gasteiger partial charge in [0.25, 0.3) is 0 Å². The molecule has 0 radical (unpaired) electrons. The molecule has 0 N–H and O–H groups in total. The molecule has 3 heteroatoms. The van der Waals surface area contributed by atoms with Gasteiger partial charge in [0.2, 0.25) is 0 Å². The van der Waals surface area contributed by atoms with Gasteiger partial charge in [-0.2, -0.15) is 0 Å². The number of nitrogens with zero attached hydrogens (tertiary/aromatic N) is 2. The van der Waals surface area contributed by atoms with Crippen molar-refractivity contribution in [3.8, 4) is 0 Å². The lowest BCUT2D eigenvalue weighted by Crippen LogP contribution is -2.33. The van der Waals surface area contributed by atoms with Crippen molar-refractivity contribution < 1.29 is 0 Å². The van der Waals surface area contributed by atoms with Crippen molar-refractivity contribution in [2.24, 2.45) is 9.98 Å². The third kappa shape index (κ3) is 1.40. The highest BCUT2D eigenvalue weighted by Crippen LogP contribution is 2.26. The number of aliphatic imine (C=N–C) groups is 2. The molecule has 1 aliphatic carbocycles. The highest BCUT2D eigenvalue weighted by molar-refractivity contribution is 6.83. The van der Waals surface area contributed by atoms with Gasteiger partial charge >= 0.3 is 0 Å². The van der Waals surface area contributed by atoms with Crippen molar-refractivity contribution in [3.63, 3.8) is 0 Å². The normalized spacial score (nSPS) is 35.2. The highest BCUT2D eigenvalue weighted by atomic mass is 35.5. The van der Waals surface area contributed by atoms with Gasteiger partial charge in [0, 0.05) is 0 Å². The summed E-state index contributed by atoms with van der Waals surface area (Å²) in [6.45, 7) is 1.94. The van der Waals surface area contributed by atoms with Gasteiger partial charge in [0.05, 0.1) is 17.8 Å². The second kappa shape index (κ2) is 3.17. The molecule has 2 rings (SSSR count). The molecule has 0 aromatic heterocycles. The van der Waals surface area contributed by atoms with Crippen molar-refractivity contribution in [1.29, 1.82) is 0 Å². The first kappa shape index (κ1) is 8.24. The van der Waals surface area contributed by atoms with Gasteiger partial charge in [-0.25, -0.2) is 0 Å². The highest BCUT2D eigenvalue weighted by Gasteiger charge is 2.27. The molecule has 0 aromatic carbocycles. The van der Waals surface area contributed by atoms with E-state index in [1.54, 1.807) is 0 Å². The van der Waals surface area contributed by atoms with E-state index in [4.69, 9.17) is 11.6 Å². The Morgan fingerprint density at radius 2 is 1.75 bits per heavy atom. The molecule has 12 heavy (non-hydrogen) atoms. The molecule has 2 aliphatic rings. The predicted molar refractivity (Wildman–Crippen MR) is 52.4 cm³/mol. The topological polar surface area (TPSA) is 24.7 Å². The molecule has 2 nitrogen and oxygen atoms in total. The number of hydrogen-bond acceptors (Lipinski definition) is 2. The van der Waals surface area contributed by atoms with Crippen molar-refractivity contribution in [1.82, 2.24) is 0 Å². The second-order valence-corrected chi connectivity index (χ2v) is 3.91. The van der Waals surface area contributed by atoms with Crippen molar-refractivity contribution in [3.05, 3.63) is 0 Å². The van der Waals surface area contributed by atoms with Gasteiger partial charge < -0.3 is 0 Å². The zero-order valence-electron chi connectivity index (χ0n) is 7.26. The molecule has 0 aromatic rings. The minimum atomic E-state index is 0.384. The summed E-state index contributed by atoms with van der Waals surface area (Å²) in [7, 11) is 0. The summed E-state index contributed by atoms with van der Waals surface area (Å²) in [4.78, 5) is 8.98. The lowest BCUT2D eigenvalue weighted by molar-refractivity contribution is 0.386. The van der Waals surface area contributed by atoms with Crippen LogP contribution in [0, 0.1) is 0 Å². The van der Waals surface area contributed by atoms with Crippen molar-refractivity contribution in [2.75, 3.05) is 0 Å². The Balaban J connectivity index is 2.19. The molecule has 1 heterocycles. The number of halogens is 1. The SMILES string of the molecule is CC1=NC2CCCCC2N=C1Cl. The zero-order chi connectivity index (χ0) is 8.55. The van der Waals surface area contributed by atoms with Crippen LogP contribution >= 0.6 is 11.6 Å². The van der Waals surface area contributed by atoms with Gasteiger partial charge in [-0.3, -0.25) is 9.98 Å². The minimum Gasteiger partial charge on any atom is -0.281 e. The molecule has 1 saturated carbocycles. The molecule has 2 atom stereocenters. The Morgan fingerprint density at radius 1 is 1.17 bits per heavy atom. The molecule has 1 aliphatic heterocycles. The van der Waals surface area contributed by atoms with E-state index < -0.39 is 0 Å². The van der Waals surface area contributed by atoms with E-state index >= 15 is 0 Å². The first-order valence-electron chi connectivity index (χ1n) is 4.55. The van der Waals surface area contributed by atoms with Crippen LogP contribution in [0.15, 0.2) is 9.98 Å². The molecule has 1 fully saturated rings. The molecule has 0 bridgehead atoms. The van der Waals surface area contributed by atoms with E-state index in [0.29, 0.717) is 17.3 Å². The average Bonchev–Trinajstić information content (AvgIpc) is 2.07.